The summed E-state index contributed by atoms with van der Waals surface area (Å²) in [7, 11) is -4.60. The van der Waals surface area contributed by atoms with Crippen LogP contribution < -0.4 is 0 Å². The van der Waals surface area contributed by atoms with Crippen molar-refractivity contribution in [1.29, 1.82) is 0 Å². The molecule has 0 aromatic carbocycles. The Kier molecular flexibility index (Phi) is 30.4. The van der Waals surface area contributed by atoms with E-state index in [-0.39, 0.29) is 19.4 Å². The minimum absolute atomic E-state index is 0.177. The number of carbonyl (C=O) groups is 2. The minimum Gasteiger partial charge on any atom is -0.462 e. The van der Waals surface area contributed by atoms with E-state index < -0.39 is 51.8 Å². The summed E-state index contributed by atoms with van der Waals surface area (Å²) in [5.74, 6) is -0.936. The topological polar surface area (TPSA) is 149 Å². The molecule has 0 spiro atoms. The third-order valence-electron chi connectivity index (χ3n) is 7.42. The fourth-order valence-electron chi connectivity index (χ4n) is 4.63. The quantitative estimate of drug-likeness (QED) is 0.0272. The number of ether oxygens (including phenoxy) is 2. The molecule has 266 valence electrons. The Labute approximate surface area is 273 Å². The first-order chi connectivity index (χ1) is 21.7. The van der Waals surface area contributed by atoms with E-state index in [9.17, 15) is 24.2 Å². The SMILES string of the molecule is CCCCCC/C=C\CCCCCCCC(=O)OC(COC(=O)CCCCCCCCCCC)COP(=O)(O)OCC(O)CO. The lowest BCUT2D eigenvalue weighted by molar-refractivity contribution is -0.161. The van der Waals surface area contributed by atoms with Gasteiger partial charge in [-0.05, 0) is 38.5 Å². The minimum atomic E-state index is -4.60. The smallest absolute Gasteiger partial charge is 0.462 e. The van der Waals surface area contributed by atoms with E-state index in [0.29, 0.717) is 12.8 Å². The Bertz CT molecular complexity index is 776. The second-order valence-electron chi connectivity index (χ2n) is 11.9. The molecule has 0 bridgehead atoms. The number of carbonyl (C=O) groups excluding carboxylic acids is 2. The highest BCUT2D eigenvalue weighted by Crippen LogP contribution is 2.43. The van der Waals surface area contributed by atoms with Crippen molar-refractivity contribution in [2.45, 2.75) is 167 Å². The molecule has 0 heterocycles. The second kappa shape index (κ2) is 31.3. The fraction of sp³-hybridized carbons (Fsp3) is 0.882. The van der Waals surface area contributed by atoms with Gasteiger partial charge in [0.1, 0.15) is 12.7 Å². The predicted molar refractivity (Wildman–Crippen MR) is 178 cm³/mol. The van der Waals surface area contributed by atoms with Gasteiger partial charge in [0.2, 0.25) is 0 Å². The first-order valence-electron chi connectivity index (χ1n) is 17.6. The Morgan fingerprint density at radius 2 is 1.09 bits per heavy atom. The lowest BCUT2D eigenvalue weighted by Crippen LogP contribution is -2.29. The number of allylic oxidation sites excluding steroid dienone is 2. The molecule has 0 saturated heterocycles. The number of hydrogen-bond donors (Lipinski definition) is 3. The summed E-state index contributed by atoms with van der Waals surface area (Å²) >= 11 is 0. The summed E-state index contributed by atoms with van der Waals surface area (Å²) in [5.41, 5.74) is 0. The molecule has 0 amide bonds. The largest absolute Gasteiger partial charge is 0.472 e. The Hall–Kier alpha value is -1.29. The van der Waals surface area contributed by atoms with E-state index in [4.69, 9.17) is 19.1 Å². The molecule has 3 atom stereocenters. The number of phosphoric ester groups is 1. The van der Waals surface area contributed by atoms with Crippen molar-refractivity contribution in [3.05, 3.63) is 12.2 Å². The van der Waals surface area contributed by atoms with Crippen LogP contribution in [0.3, 0.4) is 0 Å². The van der Waals surface area contributed by atoms with Crippen molar-refractivity contribution < 1.29 is 47.8 Å². The van der Waals surface area contributed by atoms with E-state index in [2.05, 4.69) is 30.5 Å². The molecule has 0 aliphatic heterocycles. The number of aliphatic hydroxyl groups is 2. The summed E-state index contributed by atoms with van der Waals surface area (Å²) in [5, 5.41) is 18.2. The monoisotopic (exact) mass is 664 g/mol. The summed E-state index contributed by atoms with van der Waals surface area (Å²) < 4.78 is 32.4. The molecular weight excluding hydrogens is 599 g/mol. The Balaban J connectivity index is 4.42. The number of phosphoric acid groups is 1. The molecule has 11 heteroatoms. The van der Waals surface area contributed by atoms with Crippen LogP contribution in [0.15, 0.2) is 12.2 Å². The molecule has 0 saturated carbocycles. The number of rotatable bonds is 33. The van der Waals surface area contributed by atoms with Crippen molar-refractivity contribution in [2.75, 3.05) is 26.4 Å². The summed E-state index contributed by atoms with van der Waals surface area (Å²) in [4.78, 5) is 34.6. The van der Waals surface area contributed by atoms with Gasteiger partial charge in [0.05, 0.1) is 19.8 Å². The third-order valence-corrected chi connectivity index (χ3v) is 8.37. The van der Waals surface area contributed by atoms with Gasteiger partial charge in [-0.25, -0.2) is 4.57 Å². The molecule has 0 radical (unpaired) electrons. The zero-order valence-electron chi connectivity index (χ0n) is 28.3. The van der Waals surface area contributed by atoms with Gasteiger partial charge in [0.25, 0.3) is 0 Å². The van der Waals surface area contributed by atoms with Crippen LogP contribution in [0.4, 0.5) is 0 Å². The molecule has 45 heavy (non-hydrogen) atoms. The molecule has 0 aromatic rings. The molecule has 0 aliphatic carbocycles. The zero-order valence-corrected chi connectivity index (χ0v) is 29.2. The highest BCUT2D eigenvalue weighted by Gasteiger charge is 2.27. The third kappa shape index (κ3) is 31.1. The van der Waals surface area contributed by atoms with Gasteiger partial charge in [-0.2, -0.15) is 0 Å². The van der Waals surface area contributed by atoms with E-state index in [1.54, 1.807) is 0 Å². The number of esters is 2. The fourth-order valence-corrected chi connectivity index (χ4v) is 5.42. The van der Waals surface area contributed by atoms with Crippen molar-refractivity contribution in [1.82, 2.24) is 0 Å². The van der Waals surface area contributed by atoms with Crippen LogP contribution in [0.5, 0.6) is 0 Å². The highest BCUT2D eigenvalue weighted by molar-refractivity contribution is 7.47. The lowest BCUT2D eigenvalue weighted by atomic mass is 10.1. The molecular formula is C34H65O10P. The van der Waals surface area contributed by atoms with Gasteiger partial charge in [-0.1, -0.05) is 116 Å². The van der Waals surface area contributed by atoms with Gasteiger partial charge in [-0.15, -0.1) is 0 Å². The standard InChI is InChI=1S/C34H65O10P/c1-3-5-7-9-11-13-14-15-16-18-20-22-24-26-34(38)44-32(30-43-45(39,40)42-28-31(36)27-35)29-41-33(37)25-23-21-19-17-12-10-8-6-4-2/h13-14,31-32,35-36H,3-12,15-30H2,1-2H3,(H,39,40)/b14-13-. The van der Waals surface area contributed by atoms with Crippen molar-refractivity contribution >= 4 is 19.8 Å². The number of hydrogen-bond acceptors (Lipinski definition) is 9. The van der Waals surface area contributed by atoms with E-state index >= 15 is 0 Å². The van der Waals surface area contributed by atoms with Crippen LogP contribution in [0.1, 0.15) is 155 Å². The molecule has 3 N–H and O–H groups in total. The summed E-state index contributed by atoms with van der Waals surface area (Å²) in [6, 6.07) is 0. The van der Waals surface area contributed by atoms with Crippen LogP contribution in [-0.2, 0) is 32.7 Å². The first-order valence-corrected chi connectivity index (χ1v) is 19.1. The normalized spacial score (nSPS) is 14.3. The van der Waals surface area contributed by atoms with E-state index in [0.717, 1.165) is 57.8 Å². The number of unbranched alkanes of at least 4 members (excludes halogenated alkanes) is 17. The summed E-state index contributed by atoms with van der Waals surface area (Å²) in [6.45, 7) is 2.31. The molecule has 10 nitrogen and oxygen atoms in total. The molecule has 0 rings (SSSR count). The van der Waals surface area contributed by atoms with Crippen LogP contribution in [-0.4, -0.2) is 65.7 Å². The second-order valence-corrected chi connectivity index (χ2v) is 13.4. The van der Waals surface area contributed by atoms with Gasteiger partial charge < -0.3 is 24.6 Å². The zero-order chi connectivity index (χ0) is 33.4. The summed E-state index contributed by atoms with van der Waals surface area (Å²) in [6.07, 6.45) is 24.8. The van der Waals surface area contributed by atoms with Crippen LogP contribution >= 0.6 is 7.82 Å². The van der Waals surface area contributed by atoms with Crippen LogP contribution in [0.2, 0.25) is 0 Å². The van der Waals surface area contributed by atoms with E-state index in [1.165, 1.54) is 57.8 Å². The molecule has 3 unspecified atom stereocenters. The first kappa shape index (κ1) is 43.7. The van der Waals surface area contributed by atoms with Gasteiger partial charge in [-0.3, -0.25) is 18.6 Å². The van der Waals surface area contributed by atoms with E-state index in [1.807, 2.05) is 0 Å². The molecule has 0 aliphatic rings. The van der Waals surface area contributed by atoms with Crippen molar-refractivity contribution in [3.63, 3.8) is 0 Å². The van der Waals surface area contributed by atoms with Gasteiger partial charge >= 0.3 is 19.8 Å². The van der Waals surface area contributed by atoms with Gasteiger partial charge in [0.15, 0.2) is 6.10 Å². The van der Waals surface area contributed by atoms with Crippen molar-refractivity contribution in [2.24, 2.45) is 0 Å². The Morgan fingerprint density at radius 1 is 0.644 bits per heavy atom. The number of aliphatic hydroxyl groups excluding tert-OH is 2. The Morgan fingerprint density at radius 3 is 1.62 bits per heavy atom. The van der Waals surface area contributed by atoms with Crippen LogP contribution in [0.25, 0.3) is 0 Å². The maximum absolute atomic E-state index is 12.5. The molecule has 0 aromatic heterocycles. The van der Waals surface area contributed by atoms with Crippen LogP contribution in [0, 0.1) is 0 Å². The predicted octanol–water partition coefficient (Wildman–Crippen LogP) is 8.11. The molecule has 0 fully saturated rings. The lowest BCUT2D eigenvalue weighted by Gasteiger charge is -2.20. The van der Waals surface area contributed by atoms with Gasteiger partial charge in [0, 0.05) is 12.8 Å². The maximum Gasteiger partial charge on any atom is 0.472 e. The average Bonchev–Trinajstić information content (AvgIpc) is 3.02. The maximum atomic E-state index is 12.5. The average molecular weight is 665 g/mol. The van der Waals surface area contributed by atoms with Crippen molar-refractivity contribution in [3.8, 4) is 0 Å². The highest BCUT2D eigenvalue weighted by atomic mass is 31.2.